The maximum atomic E-state index is 12.1. The molecule has 0 saturated carbocycles. The fourth-order valence-electron chi connectivity index (χ4n) is 1.78. The lowest BCUT2D eigenvalue weighted by atomic mass is 10.3. The third kappa shape index (κ3) is 4.56. The number of thioether (sulfide) groups is 1. The van der Waals surface area contributed by atoms with Crippen LogP contribution in [0.2, 0.25) is 0 Å². The molecule has 24 heavy (non-hydrogen) atoms. The maximum Gasteiger partial charge on any atom is 0.210 e. The molecule has 0 saturated heterocycles. The Morgan fingerprint density at radius 2 is 2.00 bits per heavy atom. The molecule has 3 aromatic rings. The Bertz CT molecular complexity index is 833. The molecule has 1 N–H and O–H groups in total. The number of hydrogen-bond donors (Lipinski definition) is 1. The molecular weight excluding hydrogens is 430 g/mol. The van der Waals surface area contributed by atoms with Crippen molar-refractivity contribution in [1.82, 2.24) is 10.2 Å². The summed E-state index contributed by atoms with van der Waals surface area (Å²) in [6.07, 6.45) is 0. The van der Waals surface area contributed by atoms with Crippen LogP contribution in [0.15, 0.2) is 44.5 Å². The van der Waals surface area contributed by atoms with Crippen LogP contribution in [0.3, 0.4) is 0 Å². The third-order valence-electron chi connectivity index (χ3n) is 2.92. The normalized spacial score (nSPS) is 10.6. The number of hydrogen-bond acceptors (Lipinski definition) is 8. The van der Waals surface area contributed by atoms with Crippen LogP contribution in [0.25, 0.3) is 0 Å². The summed E-state index contributed by atoms with van der Waals surface area (Å²) in [5, 5.41) is 12.1. The molecule has 0 bridgehead atoms. The van der Waals surface area contributed by atoms with Crippen molar-refractivity contribution >= 4 is 67.0 Å². The zero-order chi connectivity index (χ0) is 16.9. The second-order valence-electron chi connectivity index (χ2n) is 4.54. The Balaban J connectivity index is 1.56. The van der Waals surface area contributed by atoms with Crippen LogP contribution in [-0.2, 0) is 0 Å². The Labute approximate surface area is 159 Å². The van der Waals surface area contributed by atoms with Crippen molar-refractivity contribution in [2.24, 2.45) is 0 Å². The number of Topliss-reactive ketones (excluding diaryl/α,β-unsaturated/α-hetero) is 1. The smallest absolute Gasteiger partial charge is 0.210 e. The first-order valence-electron chi connectivity index (χ1n) is 6.80. The molecule has 0 spiro atoms. The van der Waals surface area contributed by atoms with Crippen molar-refractivity contribution in [2.45, 2.75) is 4.34 Å². The number of halogens is 1. The molecule has 0 unspecified atom stereocenters. The van der Waals surface area contributed by atoms with E-state index in [0.717, 1.165) is 24.4 Å². The van der Waals surface area contributed by atoms with Gasteiger partial charge in [0.2, 0.25) is 5.13 Å². The lowest BCUT2D eigenvalue weighted by molar-refractivity contribution is 0.102. The molecular formula is C15H12BrN3O2S3. The lowest BCUT2D eigenvalue weighted by Gasteiger charge is -2.03. The van der Waals surface area contributed by atoms with Crippen LogP contribution in [0, 0.1) is 0 Å². The highest BCUT2D eigenvalue weighted by Crippen LogP contribution is 2.30. The molecule has 0 aliphatic carbocycles. The van der Waals surface area contributed by atoms with Gasteiger partial charge in [-0.1, -0.05) is 23.1 Å². The first-order valence-corrected chi connectivity index (χ1v) is 10.2. The second-order valence-corrected chi connectivity index (χ2v) is 9.21. The van der Waals surface area contributed by atoms with E-state index in [1.165, 1.54) is 34.4 Å². The largest absolute Gasteiger partial charge is 0.497 e. The average Bonchev–Trinajstić information content (AvgIpc) is 3.22. The Hall–Kier alpha value is -1.42. The van der Waals surface area contributed by atoms with E-state index < -0.39 is 0 Å². The van der Waals surface area contributed by atoms with Crippen molar-refractivity contribution < 1.29 is 9.53 Å². The zero-order valence-corrected chi connectivity index (χ0v) is 16.5. The van der Waals surface area contributed by atoms with Gasteiger partial charge in [0, 0.05) is 5.69 Å². The summed E-state index contributed by atoms with van der Waals surface area (Å²) in [7, 11) is 1.63. The number of methoxy groups -OCH3 is 1. The van der Waals surface area contributed by atoms with Crippen LogP contribution < -0.4 is 10.1 Å². The molecule has 9 heteroatoms. The first-order chi connectivity index (χ1) is 11.6. The molecule has 1 aromatic carbocycles. The maximum absolute atomic E-state index is 12.1. The van der Waals surface area contributed by atoms with Crippen LogP contribution in [0.5, 0.6) is 5.75 Å². The van der Waals surface area contributed by atoms with Crippen LogP contribution in [-0.4, -0.2) is 28.8 Å². The Morgan fingerprint density at radius 3 is 2.67 bits per heavy atom. The van der Waals surface area contributed by atoms with Crippen molar-refractivity contribution in [3.05, 3.63) is 45.1 Å². The number of anilines is 2. The van der Waals surface area contributed by atoms with E-state index in [9.17, 15) is 4.79 Å². The summed E-state index contributed by atoms with van der Waals surface area (Å²) < 4.78 is 6.84. The number of rotatable bonds is 7. The Morgan fingerprint density at radius 1 is 1.21 bits per heavy atom. The molecule has 0 radical (unpaired) electrons. The Kier molecular flexibility index (Phi) is 5.88. The number of ether oxygens (including phenoxy) is 1. The number of aromatic nitrogens is 2. The van der Waals surface area contributed by atoms with E-state index in [2.05, 4.69) is 31.4 Å². The fraction of sp³-hybridized carbons (Fsp3) is 0.133. The van der Waals surface area contributed by atoms with E-state index in [1.54, 1.807) is 7.11 Å². The van der Waals surface area contributed by atoms with Gasteiger partial charge < -0.3 is 10.1 Å². The molecule has 124 valence electrons. The van der Waals surface area contributed by atoms with Gasteiger partial charge in [-0.2, -0.15) is 0 Å². The van der Waals surface area contributed by atoms with E-state index in [0.29, 0.717) is 10.9 Å². The lowest BCUT2D eigenvalue weighted by Crippen LogP contribution is -1.98. The highest BCUT2D eigenvalue weighted by molar-refractivity contribution is 9.11. The topological polar surface area (TPSA) is 64.1 Å². The van der Waals surface area contributed by atoms with Crippen LogP contribution in [0.4, 0.5) is 10.8 Å². The van der Waals surface area contributed by atoms with Gasteiger partial charge >= 0.3 is 0 Å². The summed E-state index contributed by atoms with van der Waals surface area (Å²) in [5.74, 6) is 1.24. The average molecular weight is 442 g/mol. The van der Waals surface area contributed by atoms with Crippen LogP contribution >= 0.6 is 50.4 Å². The molecule has 0 amide bonds. The molecule has 2 aromatic heterocycles. The summed E-state index contributed by atoms with van der Waals surface area (Å²) in [6.45, 7) is 0. The summed E-state index contributed by atoms with van der Waals surface area (Å²) in [5.41, 5.74) is 0.906. The zero-order valence-electron chi connectivity index (χ0n) is 12.5. The summed E-state index contributed by atoms with van der Waals surface area (Å²) in [4.78, 5) is 12.8. The molecule has 0 fully saturated rings. The van der Waals surface area contributed by atoms with E-state index in [1.807, 2.05) is 36.4 Å². The van der Waals surface area contributed by atoms with Crippen molar-refractivity contribution in [2.75, 3.05) is 18.2 Å². The van der Waals surface area contributed by atoms with Gasteiger partial charge in [0.25, 0.3) is 0 Å². The van der Waals surface area contributed by atoms with Gasteiger partial charge in [0.15, 0.2) is 10.1 Å². The number of nitrogens with zero attached hydrogens (tertiary/aromatic N) is 2. The first kappa shape index (κ1) is 17.4. The van der Waals surface area contributed by atoms with Gasteiger partial charge in [-0.3, -0.25) is 4.79 Å². The van der Waals surface area contributed by atoms with Gasteiger partial charge in [0.1, 0.15) is 5.75 Å². The van der Waals surface area contributed by atoms with Crippen molar-refractivity contribution in [3.8, 4) is 5.75 Å². The number of carbonyl (C=O) groups excluding carboxylic acids is 1. The number of thiophene rings is 1. The standard InChI is InChI=1S/C15H12BrN3O2S3/c1-21-10-4-2-9(3-5-10)17-14-18-19-15(24-14)22-8-11(20)12-6-7-13(16)23-12/h2-7H,8H2,1H3,(H,17,18). The molecule has 0 atom stereocenters. The number of carbonyl (C=O) groups is 1. The number of nitrogens with one attached hydrogen (secondary N) is 1. The fourth-order valence-corrected chi connectivity index (χ4v) is 4.85. The predicted octanol–water partition coefficient (Wildman–Crippen LogP) is 5.09. The SMILES string of the molecule is COc1ccc(Nc2nnc(SCC(=O)c3ccc(Br)s3)s2)cc1. The second kappa shape index (κ2) is 8.11. The summed E-state index contributed by atoms with van der Waals surface area (Å²) >= 11 is 7.62. The third-order valence-corrected chi connectivity index (χ3v) is 6.56. The molecule has 0 aliphatic heterocycles. The summed E-state index contributed by atoms with van der Waals surface area (Å²) in [6, 6.07) is 11.3. The molecule has 2 heterocycles. The minimum atomic E-state index is 0.0931. The van der Waals surface area contributed by atoms with E-state index in [-0.39, 0.29) is 5.78 Å². The predicted molar refractivity (Wildman–Crippen MR) is 103 cm³/mol. The van der Waals surface area contributed by atoms with Gasteiger partial charge in [-0.15, -0.1) is 21.5 Å². The highest BCUT2D eigenvalue weighted by Gasteiger charge is 2.12. The van der Waals surface area contributed by atoms with Crippen LogP contribution in [0.1, 0.15) is 9.67 Å². The monoisotopic (exact) mass is 441 g/mol. The highest BCUT2D eigenvalue weighted by atomic mass is 79.9. The van der Waals surface area contributed by atoms with Crippen molar-refractivity contribution in [3.63, 3.8) is 0 Å². The number of ketones is 1. The quantitative estimate of drug-likeness (QED) is 0.406. The number of benzene rings is 1. The minimum absolute atomic E-state index is 0.0931. The van der Waals surface area contributed by atoms with Gasteiger partial charge in [0.05, 0.1) is 21.5 Å². The minimum Gasteiger partial charge on any atom is -0.497 e. The van der Waals surface area contributed by atoms with Crippen molar-refractivity contribution in [1.29, 1.82) is 0 Å². The van der Waals surface area contributed by atoms with Gasteiger partial charge in [-0.05, 0) is 52.3 Å². The molecule has 5 nitrogen and oxygen atoms in total. The van der Waals surface area contributed by atoms with E-state index in [4.69, 9.17) is 4.74 Å². The molecule has 3 rings (SSSR count). The van der Waals surface area contributed by atoms with E-state index >= 15 is 0 Å². The molecule has 0 aliphatic rings. The van der Waals surface area contributed by atoms with Gasteiger partial charge in [-0.25, -0.2) is 0 Å².